The van der Waals surface area contributed by atoms with Crippen LogP contribution in [0.15, 0.2) is 35.1 Å². The van der Waals surface area contributed by atoms with Gasteiger partial charge < -0.3 is 9.67 Å². The van der Waals surface area contributed by atoms with Crippen molar-refractivity contribution in [1.29, 1.82) is 0 Å². The second-order valence-electron chi connectivity index (χ2n) is 4.77. The second kappa shape index (κ2) is 4.81. The van der Waals surface area contributed by atoms with Crippen molar-refractivity contribution in [2.24, 2.45) is 5.92 Å². The SMILES string of the molecule is O=C(O)C1CCn2cnc(-c3cccc(Br)c3)c2C1. The fourth-order valence-corrected chi connectivity index (χ4v) is 2.93. The Morgan fingerprint density at radius 3 is 3.05 bits per heavy atom. The minimum absolute atomic E-state index is 0.296. The molecule has 0 spiro atoms. The third-order valence-electron chi connectivity index (χ3n) is 3.55. The van der Waals surface area contributed by atoms with Gasteiger partial charge in [-0.1, -0.05) is 28.1 Å². The average molecular weight is 321 g/mol. The van der Waals surface area contributed by atoms with Gasteiger partial charge in [0, 0.05) is 28.7 Å². The third-order valence-corrected chi connectivity index (χ3v) is 4.05. The maximum atomic E-state index is 11.2. The summed E-state index contributed by atoms with van der Waals surface area (Å²) in [6, 6.07) is 7.93. The van der Waals surface area contributed by atoms with Crippen molar-refractivity contribution < 1.29 is 9.90 Å². The van der Waals surface area contributed by atoms with Gasteiger partial charge in [0.15, 0.2) is 0 Å². The highest BCUT2D eigenvalue weighted by Gasteiger charge is 2.27. The van der Waals surface area contributed by atoms with E-state index in [1.165, 1.54) is 0 Å². The Kier molecular flexibility index (Phi) is 3.14. The summed E-state index contributed by atoms with van der Waals surface area (Å²) in [4.78, 5) is 15.6. The molecule has 0 radical (unpaired) electrons. The van der Waals surface area contributed by atoms with Crippen LogP contribution in [-0.2, 0) is 17.8 Å². The van der Waals surface area contributed by atoms with Crippen molar-refractivity contribution in [3.05, 3.63) is 40.8 Å². The lowest BCUT2D eigenvalue weighted by Gasteiger charge is -2.21. The van der Waals surface area contributed by atoms with Crippen LogP contribution in [0, 0.1) is 5.92 Å². The van der Waals surface area contributed by atoms with Crippen LogP contribution in [0.2, 0.25) is 0 Å². The van der Waals surface area contributed by atoms with Gasteiger partial charge >= 0.3 is 5.97 Å². The Morgan fingerprint density at radius 2 is 2.32 bits per heavy atom. The molecule has 1 aliphatic rings. The van der Waals surface area contributed by atoms with E-state index in [9.17, 15) is 4.79 Å². The maximum Gasteiger partial charge on any atom is 0.306 e. The molecule has 0 fully saturated rings. The molecule has 3 rings (SSSR count). The molecule has 0 saturated heterocycles. The van der Waals surface area contributed by atoms with Crippen LogP contribution >= 0.6 is 15.9 Å². The molecular weight excluding hydrogens is 308 g/mol. The van der Waals surface area contributed by atoms with Gasteiger partial charge in [-0.15, -0.1) is 0 Å². The number of fused-ring (bicyclic) bond motifs is 1. The summed E-state index contributed by atoms with van der Waals surface area (Å²) < 4.78 is 3.06. The number of hydrogen-bond donors (Lipinski definition) is 1. The number of aromatic nitrogens is 2. The van der Waals surface area contributed by atoms with Gasteiger partial charge in [0.05, 0.1) is 17.9 Å². The van der Waals surface area contributed by atoms with E-state index in [1.54, 1.807) is 0 Å². The van der Waals surface area contributed by atoms with E-state index in [-0.39, 0.29) is 5.92 Å². The zero-order valence-electron chi connectivity index (χ0n) is 10.2. The molecule has 2 heterocycles. The minimum atomic E-state index is -0.715. The molecule has 0 saturated carbocycles. The topological polar surface area (TPSA) is 55.1 Å². The smallest absolute Gasteiger partial charge is 0.306 e. The lowest BCUT2D eigenvalue weighted by atomic mass is 9.94. The number of benzene rings is 1. The second-order valence-corrected chi connectivity index (χ2v) is 5.69. The Morgan fingerprint density at radius 1 is 1.47 bits per heavy atom. The molecule has 1 aromatic heterocycles. The van der Waals surface area contributed by atoms with Crippen LogP contribution in [0.1, 0.15) is 12.1 Å². The molecule has 0 aliphatic carbocycles. The highest BCUT2D eigenvalue weighted by Crippen LogP contribution is 2.30. The number of carbonyl (C=O) groups is 1. The van der Waals surface area contributed by atoms with Crippen LogP contribution in [0.25, 0.3) is 11.3 Å². The van der Waals surface area contributed by atoms with Crippen LogP contribution in [0.5, 0.6) is 0 Å². The third kappa shape index (κ3) is 2.30. The molecule has 5 heteroatoms. The van der Waals surface area contributed by atoms with Crippen molar-refractivity contribution in [1.82, 2.24) is 9.55 Å². The van der Waals surface area contributed by atoms with Gasteiger partial charge in [-0.3, -0.25) is 4.79 Å². The molecule has 1 N–H and O–H groups in total. The van der Waals surface area contributed by atoms with E-state index in [0.29, 0.717) is 12.8 Å². The van der Waals surface area contributed by atoms with E-state index >= 15 is 0 Å². The fourth-order valence-electron chi connectivity index (χ4n) is 2.53. The first-order valence-electron chi connectivity index (χ1n) is 6.18. The Labute approximate surface area is 119 Å². The lowest BCUT2D eigenvalue weighted by Crippen LogP contribution is -2.25. The highest BCUT2D eigenvalue weighted by molar-refractivity contribution is 9.10. The highest BCUT2D eigenvalue weighted by atomic mass is 79.9. The number of halogens is 1. The van der Waals surface area contributed by atoms with Crippen LogP contribution in [-0.4, -0.2) is 20.6 Å². The lowest BCUT2D eigenvalue weighted by molar-refractivity contribution is -0.142. The molecule has 1 aliphatic heterocycles. The Balaban J connectivity index is 2.01. The molecule has 1 aromatic carbocycles. The Hall–Kier alpha value is -1.62. The van der Waals surface area contributed by atoms with E-state index in [4.69, 9.17) is 5.11 Å². The maximum absolute atomic E-state index is 11.2. The first-order valence-corrected chi connectivity index (χ1v) is 6.97. The Bertz CT molecular complexity index is 636. The quantitative estimate of drug-likeness (QED) is 0.925. The minimum Gasteiger partial charge on any atom is -0.481 e. The van der Waals surface area contributed by atoms with E-state index in [0.717, 1.165) is 28.0 Å². The molecule has 1 unspecified atom stereocenters. The molecular formula is C14H13BrN2O2. The van der Waals surface area contributed by atoms with Gasteiger partial charge in [0.2, 0.25) is 0 Å². The summed E-state index contributed by atoms with van der Waals surface area (Å²) in [5, 5.41) is 9.17. The summed E-state index contributed by atoms with van der Waals surface area (Å²) in [6.45, 7) is 0.729. The largest absolute Gasteiger partial charge is 0.481 e. The van der Waals surface area contributed by atoms with Crippen molar-refractivity contribution in [3.63, 3.8) is 0 Å². The number of carboxylic acids is 1. The monoisotopic (exact) mass is 320 g/mol. The number of hydrogen-bond acceptors (Lipinski definition) is 2. The molecule has 0 amide bonds. The van der Waals surface area contributed by atoms with Crippen molar-refractivity contribution in [2.75, 3.05) is 0 Å². The first-order chi connectivity index (χ1) is 9.15. The summed E-state index contributed by atoms with van der Waals surface area (Å²) in [6.07, 6.45) is 3.04. The number of rotatable bonds is 2. The summed E-state index contributed by atoms with van der Waals surface area (Å²) in [5.41, 5.74) is 2.94. The summed E-state index contributed by atoms with van der Waals surface area (Å²) in [7, 11) is 0. The molecule has 4 nitrogen and oxygen atoms in total. The molecule has 2 aromatic rings. The van der Waals surface area contributed by atoms with Gasteiger partial charge in [-0.05, 0) is 18.6 Å². The predicted molar refractivity (Wildman–Crippen MR) is 74.8 cm³/mol. The van der Waals surface area contributed by atoms with Crippen molar-refractivity contribution >= 4 is 21.9 Å². The predicted octanol–water partition coefficient (Wildman–Crippen LogP) is 2.96. The van der Waals surface area contributed by atoms with Crippen molar-refractivity contribution in [3.8, 4) is 11.3 Å². The van der Waals surface area contributed by atoms with Gasteiger partial charge in [-0.25, -0.2) is 4.98 Å². The number of carboxylic acid groups (broad SMARTS) is 1. The molecule has 19 heavy (non-hydrogen) atoms. The number of aliphatic carboxylic acids is 1. The van der Waals surface area contributed by atoms with Gasteiger partial charge in [0.25, 0.3) is 0 Å². The van der Waals surface area contributed by atoms with E-state index in [1.807, 2.05) is 30.6 Å². The number of imidazole rings is 1. The normalized spacial score (nSPS) is 18.1. The average Bonchev–Trinajstić information content (AvgIpc) is 2.81. The van der Waals surface area contributed by atoms with Gasteiger partial charge in [0.1, 0.15) is 0 Å². The van der Waals surface area contributed by atoms with E-state index in [2.05, 4.69) is 25.5 Å². The van der Waals surface area contributed by atoms with Crippen LogP contribution in [0.4, 0.5) is 0 Å². The molecule has 1 atom stereocenters. The summed E-state index contributed by atoms with van der Waals surface area (Å²) in [5.74, 6) is -1.01. The van der Waals surface area contributed by atoms with Crippen molar-refractivity contribution in [2.45, 2.75) is 19.4 Å². The van der Waals surface area contributed by atoms with Gasteiger partial charge in [-0.2, -0.15) is 0 Å². The first kappa shape index (κ1) is 12.4. The number of aryl methyl sites for hydroxylation is 1. The molecule has 0 bridgehead atoms. The van der Waals surface area contributed by atoms with E-state index < -0.39 is 5.97 Å². The standard InChI is InChI=1S/C14H13BrN2O2/c15-11-3-1-2-9(6-11)13-12-7-10(14(18)19)4-5-17(12)8-16-13/h1-3,6,8,10H,4-5,7H2,(H,18,19). The zero-order valence-corrected chi connectivity index (χ0v) is 11.8. The summed E-state index contributed by atoms with van der Waals surface area (Å²) >= 11 is 3.45. The number of nitrogens with zero attached hydrogens (tertiary/aromatic N) is 2. The van der Waals surface area contributed by atoms with Crippen LogP contribution in [0.3, 0.4) is 0 Å². The fraction of sp³-hybridized carbons (Fsp3) is 0.286. The zero-order chi connectivity index (χ0) is 13.4. The van der Waals surface area contributed by atoms with Crippen LogP contribution < -0.4 is 0 Å². The molecule has 98 valence electrons.